The first kappa shape index (κ1) is 37.9. The van der Waals surface area contributed by atoms with E-state index in [-0.39, 0.29) is 39.3 Å². The van der Waals surface area contributed by atoms with Crippen LogP contribution in [0.3, 0.4) is 0 Å². The number of fused-ring (bicyclic) bond motifs is 4. The van der Waals surface area contributed by atoms with Crippen LogP contribution in [-0.2, 0) is 32.1 Å². The molecule has 7 rings (SSSR count). The molecule has 0 bridgehead atoms. The smallest absolute Gasteiger partial charge is 0.403 e. The Bertz CT molecular complexity index is 2270. The van der Waals surface area contributed by atoms with E-state index >= 15 is 0 Å². The Morgan fingerprint density at radius 1 is 0.849 bits per heavy atom. The zero-order chi connectivity index (χ0) is 38.4. The second-order valence-electron chi connectivity index (χ2n) is 14.5. The SMILES string of the molecule is CC(C)(C)[Si](C)(C)O[C@@H]1[C@@H]2NP(=O)(O)OC[C@H]3O[C@@H](n4cnc5c(=O)[nH]c(N)nc54)[C@H](O)[C@@H]3NP(=O)(O)OC[C@H]2O[C@H]1n1cnc2c(=O)[nH]c(N)nc21. The average molecular weight is 803 g/mol. The van der Waals surface area contributed by atoms with Gasteiger partial charge in [0.25, 0.3) is 11.1 Å². The summed E-state index contributed by atoms with van der Waals surface area (Å²) < 4.78 is 60.2. The van der Waals surface area contributed by atoms with Crippen molar-refractivity contribution in [3.05, 3.63) is 33.4 Å². The number of aliphatic hydroxyl groups is 1. The van der Waals surface area contributed by atoms with E-state index in [1.807, 2.05) is 33.9 Å². The summed E-state index contributed by atoms with van der Waals surface area (Å²) in [5.41, 5.74) is 10.0. The number of hydrogen-bond donors (Lipinski definition) is 9. The Kier molecular flexibility index (Phi) is 9.37. The van der Waals surface area contributed by atoms with Gasteiger partial charge in [0.05, 0.1) is 38.0 Å². The van der Waals surface area contributed by atoms with Crippen molar-refractivity contribution in [2.75, 3.05) is 24.7 Å². The van der Waals surface area contributed by atoms with Gasteiger partial charge in [0.2, 0.25) is 11.9 Å². The van der Waals surface area contributed by atoms with Gasteiger partial charge >= 0.3 is 15.5 Å². The van der Waals surface area contributed by atoms with Gasteiger partial charge in [-0.05, 0) is 18.1 Å². The molecular formula is C26H40N12O12P2Si. The second kappa shape index (κ2) is 13.1. The van der Waals surface area contributed by atoms with E-state index < -0.39 is 97.1 Å². The summed E-state index contributed by atoms with van der Waals surface area (Å²) in [5.74, 6) is -0.448. The molecule has 7 heterocycles. The van der Waals surface area contributed by atoms with Gasteiger partial charge in [-0.25, -0.2) is 29.3 Å². The topological polar surface area (TPSA) is 344 Å². The first-order valence-corrected chi connectivity index (χ1v) is 22.3. The molecule has 11 N–H and O–H groups in total. The van der Waals surface area contributed by atoms with Gasteiger partial charge in [0.1, 0.15) is 24.4 Å². The van der Waals surface area contributed by atoms with E-state index in [2.05, 4.69) is 40.1 Å². The molecule has 3 fully saturated rings. The summed E-state index contributed by atoms with van der Waals surface area (Å²) in [6.45, 7) is 8.47. The molecule has 27 heteroatoms. The molecule has 4 aromatic heterocycles. The normalized spacial score (nSPS) is 34.5. The highest BCUT2D eigenvalue weighted by molar-refractivity contribution is 7.50. The number of imidazole rings is 2. The average Bonchev–Trinajstić information content (AvgIpc) is 3.79. The lowest BCUT2D eigenvalue weighted by Gasteiger charge is -2.41. The van der Waals surface area contributed by atoms with Gasteiger partial charge in [-0.3, -0.25) is 37.7 Å². The van der Waals surface area contributed by atoms with Crippen molar-refractivity contribution >= 4 is 58.0 Å². The number of aliphatic hydroxyl groups excluding tert-OH is 1. The minimum absolute atomic E-state index is 0.0259. The Morgan fingerprint density at radius 3 is 1.81 bits per heavy atom. The summed E-state index contributed by atoms with van der Waals surface area (Å²) in [5, 5.41) is 16.0. The number of anilines is 2. The third kappa shape index (κ3) is 7.01. The summed E-state index contributed by atoms with van der Waals surface area (Å²) in [4.78, 5) is 68.5. The van der Waals surface area contributed by atoms with Crippen LogP contribution in [0, 0.1) is 0 Å². The quantitative estimate of drug-likeness (QED) is 0.0894. The van der Waals surface area contributed by atoms with Crippen LogP contribution in [0.4, 0.5) is 11.9 Å². The van der Waals surface area contributed by atoms with Crippen molar-refractivity contribution in [3.8, 4) is 0 Å². The van der Waals surface area contributed by atoms with Crippen LogP contribution in [-0.4, -0.2) is 112 Å². The molecule has 0 amide bonds. The number of rotatable bonds is 4. The first-order valence-electron chi connectivity index (χ1n) is 16.3. The number of nitrogens with one attached hydrogen (secondary N) is 4. The Hall–Kier alpha value is -3.42. The van der Waals surface area contributed by atoms with Crippen molar-refractivity contribution in [2.45, 2.75) is 87.9 Å². The summed E-state index contributed by atoms with van der Waals surface area (Å²) in [7, 11) is -12.4. The molecule has 0 aliphatic carbocycles. The highest BCUT2D eigenvalue weighted by Gasteiger charge is 2.55. The number of ether oxygens (including phenoxy) is 2. The third-order valence-corrected chi connectivity index (χ3v) is 16.6. The monoisotopic (exact) mass is 802 g/mol. The van der Waals surface area contributed by atoms with Crippen LogP contribution < -0.4 is 32.8 Å². The van der Waals surface area contributed by atoms with E-state index in [0.29, 0.717) is 0 Å². The summed E-state index contributed by atoms with van der Waals surface area (Å²) in [6.07, 6.45) is -5.53. The molecule has 53 heavy (non-hydrogen) atoms. The van der Waals surface area contributed by atoms with Crippen molar-refractivity contribution in [1.29, 1.82) is 0 Å². The van der Waals surface area contributed by atoms with Crippen molar-refractivity contribution in [2.24, 2.45) is 0 Å². The zero-order valence-electron chi connectivity index (χ0n) is 28.9. The molecule has 0 radical (unpaired) electrons. The Morgan fingerprint density at radius 2 is 1.30 bits per heavy atom. The van der Waals surface area contributed by atoms with Crippen molar-refractivity contribution in [1.82, 2.24) is 49.2 Å². The fourth-order valence-electron chi connectivity index (χ4n) is 6.23. The standard InChI is InChI=1S/C26H40N12O12P2Si/c1-26(2,3)53(4,5)50-17-13-11(49-23(17)38-9-30-15-19(38)32-25(28)34-21(15)41)7-47-51(42,43)35-12-10(6-46-52(44,45)36-13)48-22(16(12)39)37-8-29-14-18(37)31-24(27)33-20(14)40/h8-13,16-17,22-23,39H,6-7H2,1-5H3,(H2,35,42,43)(H2,36,44,45)(H3,27,31,33,40)(H3,28,32,34,41)/t10-,11-,12-,13-,16-,17-,22-,23-/m1/s1. The lowest BCUT2D eigenvalue weighted by molar-refractivity contribution is -0.0477. The minimum Gasteiger partial charge on any atom is -0.408 e. The molecule has 2 unspecified atom stereocenters. The van der Waals surface area contributed by atoms with Crippen LogP contribution in [0.5, 0.6) is 0 Å². The lowest BCUT2D eigenvalue weighted by atomic mass is 10.1. The molecule has 0 saturated carbocycles. The van der Waals surface area contributed by atoms with Crippen LogP contribution in [0.15, 0.2) is 22.2 Å². The molecular weight excluding hydrogens is 762 g/mol. The van der Waals surface area contributed by atoms with Gasteiger partial charge in [0, 0.05) is 0 Å². The highest BCUT2D eigenvalue weighted by Crippen LogP contribution is 2.49. The maximum absolute atomic E-state index is 13.8. The van der Waals surface area contributed by atoms with E-state index in [4.69, 9.17) is 34.4 Å². The first-order chi connectivity index (χ1) is 24.6. The van der Waals surface area contributed by atoms with Gasteiger partial charge in [0.15, 0.2) is 43.1 Å². The minimum atomic E-state index is -4.84. The largest absolute Gasteiger partial charge is 0.408 e. The van der Waals surface area contributed by atoms with E-state index in [9.17, 15) is 33.6 Å². The number of nitrogens with zero attached hydrogens (tertiary/aromatic N) is 6. The number of H-pyrrole nitrogens is 2. The molecule has 0 aromatic carbocycles. The van der Waals surface area contributed by atoms with E-state index in [1.165, 1.54) is 15.5 Å². The number of aromatic amines is 2. The Balaban J connectivity index is 1.24. The van der Waals surface area contributed by atoms with Gasteiger partial charge in [-0.1, -0.05) is 20.8 Å². The van der Waals surface area contributed by atoms with Gasteiger partial charge in [-0.2, -0.15) is 9.97 Å². The number of nitrogens with two attached hydrogens (primary N) is 2. The fourth-order valence-corrected chi connectivity index (χ4v) is 9.76. The summed E-state index contributed by atoms with van der Waals surface area (Å²) in [6, 6.07) is -2.69. The molecule has 3 aliphatic heterocycles. The molecule has 0 spiro atoms. The zero-order valence-corrected chi connectivity index (χ0v) is 31.7. The van der Waals surface area contributed by atoms with Crippen LogP contribution in [0.1, 0.15) is 33.2 Å². The van der Waals surface area contributed by atoms with Crippen molar-refractivity contribution in [3.63, 3.8) is 0 Å². The van der Waals surface area contributed by atoms with Crippen LogP contribution in [0.2, 0.25) is 18.1 Å². The maximum Gasteiger partial charge on any atom is 0.403 e. The predicted molar refractivity (Wildman–Crippen MR) is 186 cm³/mol. The molecule has 24 nitrogen and oxygen atoms in total. The molecule has 290 valence electrons. The molecule has 10 atom stereocenters. The van der Waals surface area contributed by atoms with Gasteiger partial charge in [-0.15, -0.1) is 0 Å². The number of aromatic nitrogens is 8. The number of hydrogen-bond acceptors (Lipinski definition) is 16. The van der Waals surface area contributed by atoms with Gasteiger partial charge < -0.3 is 40.3 Å². The molecule has 4 aromatic rings. The third-order valence-electron chi connectivity index (χ3n) is 9.86. The fraction of sp³-hybridized carbons (Fsp3) is 0.615. The highest BCUT2D eigenvalue weighted by atomic mass is 31.2. The summed E-state index contributed by atoms with van der Waals surface area (Å²) >= 11 is 0. The number of nitrogen functional groups attached to an aromatic ring is 2. The molecule has 3 aliphatic rings. The second-order valence-corrected chi connectivity index (χ2v) is 22.3. The lowest BCUT2D eigenvalue weighted by Crippen LogP contribution is -2.53. The Labute approximate surface area is 299 Å². The van der Waals surface area contributed by atoms with E-state index in [1.54, 1.807) is 0 Å². The van der Waals surface area contributed by atoms with Crippen LogP contribution in [0.25, 0.3) is 22.3 Å². The van der Waals surface area contributed by atoms with E-state index in [0.717, 1.165) is 6.33 Å². The molecule has 3 saturated heterocycles. The van der Waals surface area contributed by atoms with Crippen LogP contribution >= 0.6 is 15.5 Å². The van der Waals surface area contributed by atoms with Crippen molar-refractivity contribution < 1.29 is 47.0 Å². The predicted octanol–water partition coefficient (Wildman–Crippen LogP) is -0.873. The maximum atomic E-state index is 13.8.